The largest absolute Gasteiger partial charge is 0.379 e. The van der Waals surface area contributed by atoms with E-state index in [9.17, 15) is 4.79 Å². The summed E-state index contributed by atoms with van der Waals surface area (Å²) in [7, 11) is 3.68. The molecule has 1 aromatic rings. The van der Waals surface area contributed by atoms with Crippen LogP contribution >= 0.6 is 11.6 Å². The zero-order valence-electron chi connectivity index (χ0n) is 11.8. The number of aromatic nitrogens is 2. The normalized spacial score (nSPS) is 20.2. The van der Waals surface area contributed by atoms with E-state index >= 15 is 0 Å². The smallest absolute Gasteiger partial charge is 0.273 e. The number of carbonyl (C=O) groups is 1. The Labute approximate surface area is 123 Å². The highest BCUT2D eigenvalue weighted by Gasteiger charge is 2.19. The fourth-order valence-electron chi connectivity index (χ4n) is 2.43. The molecule has 110 valence electrons. The molecule has 2 heterocycles. The molecule has 0 bridgehead atoms. The molecule has 6 nitrogen and oxygen atoms in total. The van der Waals surface area contributed by atoms with Crippen molar-refractivity contribution >= 4 is 23.2 Å². The maximum absolute atomic E-state index is 11.8. The lowest BCUT2D eigenvalue weighted by Crippen LogP contribution is -2.33. The van der Waals surface area contributed by atoms with E-state index in [1.807, 2.05) is 0 Å². The second-order valence-corrected chi connectivity index (χ2v) is 5.50. The topological polar surface area (TPSA) is 70.1 Å². The van der Waals surface area contributed by atoms with Gasteiger partial charge < -0.3 is 15.5 Å². The fraction of sp³-hybridized carbons (Fsp3) is 0.615. The van der Waals surface area contributed by atoms with Crippen molar-refractivity contribution in [3.8, 4) is 0 Å². The lowest BCUT2D eigenvalue weighted by Gasteiger charge is -2.22. The zero-order valence-corrected chi connectivity index (χ0v) is 12.6. The third kappa shape index (κ3) is 3.80. The molecular formula is C13H20ClN5O. The molecule has 1 atom stereocenters. The third-order valence-electron chi connectivity index (χ3n) is 3.44. The van der Waals surface area contributed by atoms with Gasteiger partial charge in [-0.25, -0.2) is 0 Å². The Morgan fingerprint density at radius 1 is 1.45 bits per heavy atom. The summed E-state index contributed by atoms with van der Waals surface area (Å²) in [4.78, 5) is 14.1. The molecule has 0 aromatic carbocycles. The molecule has 0 aliphatic carbocycles. The van der Waals surface area contributed by atoms with Gasteiger partial charge in [0.1, 0.15) is 0 Å². The van der Waals surface area contributed by atoms with Gasteiger partial charge in [0.25, 0.3) is 5.91 Å². The van der Waals surface area contributed by atoms with Gasteiger partial charge in [0.05, 0.1) is 5.69 Å². The Balaban J connectivity index is 2.18. The average molecular weight is 298 g/mol. The first-order valence-corrected chi connectivity index (χ1v) is 7.18. The molecule has 1 aliphatic heterocycles. The van der Waals surface area contributed by atoms with Crippen molar-refractivity contribution in [1.82, 2.24) is 20.4 Å². The summed E-state index contributed by atoms with van der Waals surface area (Å²) < 4.78 is 0. The van der Waals surface area contributed by atoms with Gasteiger partial charge in [0.15, 0.2) is 10.8 Å². The van der Waals surface area contributed by atoms with Crippen LogP contribution in [0.1, 0.15) is 29.8 Å². The molecule has 1 fully saturated rings. The third-order valence-corrected chi connectivity index (χ3v) is 3.63. The first-order chi connectivity index (χ1) is 9.60. The Morgan fingerprint density at radius 3 is 3.00 bits per heavy atom. The Hall–Kier alpha value is -1.40. The van der Waals surface area contributed by atoms with Crippen molar-refractivity contribution in [2.45, 2.75) is 25.3 Å². The van der Waals surface area contributed by atoms with Crippen LogP contribution in [0.15, 0.2) is 6.07 Å². The average Bonchev–Trinajstić information content (AvgIpc) is 2.62. The monoisotopic (exact) mass is 297 g/mol. The van der Waals surface area contributed by atoms with Gasteiger partial charge in [0, 0.05) is 25.7 Å². The Morgan fingerprint density at radius 2 is 2.25 bits per heavy atom. The summed E-state index contributed by atoms with van der Waals surface area (Å²) in [5.74, 6) is -0.265. The van der Waals surface area contributed by atoms with E-state index in [1.165, 1.54) is 12.8 Å². The van der Waals surface area contributed by atoms with Crippen molar-refractivity contribution in [1.29, 1.82) is 0 Å². The van der Waals surface area contributed by atoms with E-state index in [1.54, 1.807) is 13.1 Å². The van der Waals surface area contributed by atoms with E-state index in [4.69, 9.17) is 11.6 Å². The first-order valence-electron chi connectivity index (χ1n) is 6.80. The number of likely N-dealkylation sites (tertiary alicyclic amines) is 1. The molecule has 1 aromatic heterocycles. The highest BCUT2D eigenvalue weighted by molar-refractivity contribution is 6.29. The number of hydrogen-bond donors (Lipinski definition) is 2. The molecule has 7 heteroatoms. The molecule has 1 unspecified atom stereocenters. The highest BCUT2D eigenvalue weighted by atomic mass is 35.5. The van der Waals surface area contributed by atoms with Gasteiger partial charge in [-0.2, -0.15) is 0 Å². The molecule has 1 saturated heterocycles. The quantitative estimate of drug-likeness (QED) is 0.882. The summed E-state index contributed by atoms with van der Waals surface area (Å²) >= 11 is 5.89. The molecule has 0 radical (unpaired) electrons. The van der Waals surface area contributed by atoms with Crippen LogP contribution in [0.25, 0.3) is 0 Å². The van der Waals surface area contributed by atoms with Crippen molar-refractivity contribution in [2.24, 2.45) is 0 Å². The maximum atomic E-state index is 11.8. The van der Waals surface area contributed by atoms with Crippen LogP contribution in [0.4, 0.5) is 5.69 Å². The zero-order chi connectivity index (χ0) is 14.5. The van der Waals surface area contributed by atoms with E-state index in [0.717, 1.165) is 19.5 Å². The lowest BCUT2D eigenvalue weighted by molar-refractivity contribution is 0.0958. The summed E-state index contributed by atoms with van der Waals surface area (Å²) in [6.45, 7) is 2.04. The summed E-state index contributed by atoms with van der Waals surface area (Å²) in [5, 5.41) is 13.9. The van der Waals surface area contributed by atoms with E-state index in [2.05, 4.69) is 32.8 Å². The minimum Gasteiger partial charge on any atom is -0.379 e. The molecule has 2 N–H and O–H groups in total. The van der Waals surface area contributed by atoms with Gasteiger partial charge in [-0.1, -0.05) is 18.0 Å². The van der Waals surface area contributed by atoms with Crippen molar-refractivity contribution < 1.29 is 4.79 Å². The standard InChI is InChI=1S/C13H20ClN5O/c1-15-13(20)12-10(7-11(14)17-18-12)16-9-5-3-4-6-19(2)8-9/h7,9H,3-6,8H2,1-2H3,(H,15,20)(H,16,17). The van der Waals surface area contributed by atoms with E-state index in [-0.39, 0.29) is 22.8 Å². The fourth-order valence-corrected chi connectivity index (χ4v) is 2.58. The van der Waals surface area contributed by atoms with Gasteiger partial charge >= 0.3 is 0 Å². The number of nitrogens with one attached hydrogen (secondary N) is 2. The number of hydrogen-bond acceptors (Lipinski definition) is 5. The molecular weight excluding hydrogens is 278 g/mol. The number of anilines is 1. The number of halogens is 1. The summed E-state index contributed by atoms with van der Waals surface area (Å²) in [6.07, 6.45) is 3.44. The van der Waals surface area contributed by atoms with Crippen LogP contribution in [0.2, 0.25) is 5.15 Å². The molecule has 1 aliphatic rings. The maximum Gasteiger partial charge on any atom is 0.273 e. The van der Waals surface area contributed by atoms with Crippen molar-refractivity contribution in [3.63, 3.8) is 0 Å². The minimum atomic E-state index is -0.265. The second kappa shape index (κ2) is 6.85. The molecule has 0 saturated carbocycles. The van der Waals surface area contributed by atoms with Crippen LogP contribution in [-0.2, 0) is 0 Å². The van der Waals surface area contributed by atoms with Gasteiger partial charge in [-0.3, -0.25) is 4.79 Å². The van der Waals surface area contributed by atoms with Crippen molar-refractivity contribution in [3.05, 3.63) is 16.9 Å². The molecule has 1 amide bonds. The molecule has 0 spiro atoms. The van der Waals surface area contributed by atoms with E-state index in [0.29, 0.717) is 5.69 Å². The number of likely N-dealkylation sites (N-methyl/N-ethyl adjacent to an activating group) is 1. The van der Waals surface area contributed by atoms with Gasteiger partial charge in [-0.05, 0) is 26.4 Å². The first kappa shape index (κ1) is 15.0. The highest BCUT2D eigenvalue weighted by Crippen LogP contribution is 2.20. The SMILES string of the molecule is CNC(=O)c1nnc(Cl)cc1NC1CCCCN(C)C1. The number of amides is 1. The van der Waals surface area contributed by atoms with E-state index < -0.39 is 0 Å². The van der Waals surface area contributed by atoms with Crippen LogP contribution in [0.3, 0.4) is 0 Å². The van der Waals surface area contributed by atoms with Crippen molar-refractivity contribution in [2.75, 3.05) is 32.5 Å². The molecule has 2 rings (SSSR count). The second-order valence-electron chi connectivity index (χ2n) is 5.11. The lowest BCUT2D eigenvalue weighted by atomic mass is 10.1. The number of nitrogens with zero attached hydrogens (tertiary/aromatic N) is 3. The Bertz CT molecular complexity index is 482. The molecule has 20 heavy (non-hydrogen) atoms. The minimum absolute atomic E-state index is 0.265. The summed E-state index contributed by atoms with van der Waals surface area (Å²) in [6, 6.07) is 1.94. The van der Waals surface area contributed by atoms with Crippen LogP contribution < -0.4 is 10.6 Å². The Kier molecular flexibility index (Phi) is 5.14. The van der Waals surface area contributed by atoms with Crippen LogP contribution in [0.5, 0.6) is 0 Å². The number of rotatable bonds is 3. The predicted octanol–water partition coefficient (Wildman–Crippen LogP) is 1.39. The predicted molar refractivity (Wildman–Crippen MR) is 79.2 cm³/mol. The summed E-state index contributed by atoms with van der Waals surface area (Å²) in [5.41, 5.74) is 0.924. The number of carbonyl (C=O) groups excluding carboxylic acids is 1. The van der Waals surface area contributed by atoms with Crippen LogP contribution in [-0.4, -0.2) is 54.2 Å². The van der Waals surface area contributed by atoms with Gasteiger partial charge in [0.2, 0.25) is 0 Å². The van der Waals surface area contributed by atoms with Gasteiger partial charge in [-0.15, -0.1) is 10.2 Å². The van der Waals surface area contributed by atoms with Crippen LogP contribution in [0, 0.1) is 0 Å².